The summed E-state index contributed by atoms with van der Waals surface area (Å²) in [4.78, 5) is 25.6. The molecule has 0 aliphatic rings. The number of carbonyl (C=O) groups is 1. The second-order valence-electron chi connectivity index (χ2n) is 5.71. The van der Waals surface area contributed by atoms with Crippen LogP contribution in [0.15, 0.2) is 35.8 Å². The molecule has 0 fully saturated rings. The van der Waals surface area contributed by atoms with Gasteiger partial charge in [0.2, 0.25) is 5.95 Å². The Hall–Kier alpha value is -2.58. The highest BCUT2D eigenvalue weighted by Gasteiger charge is 2.17. The molecule has 2 unspecified atom stereocenters. The van der Waals surface area contributed by atoms with E-state index in [1.165, 1.54) is 11.3 Å². The Morgan fingerprint density at radius 3 is 2.84 bits per heavy atom. The maximum atomic E-state index is 12.4. The van der Waals surface area contributed by atoms with E-state index in [9.17, 15) is 9.90 Å². The first-order valence-corrected chi connectivity index (χ1v) is 8.81. The second kappa shape index (κ2) is 7.54. The Labute approximate surface area is 149 Å². The van der Waals surface area contributed by atoms with Gasteiger partial charge in [-0.1, -0.05) is 6.07 Å². The van der Waals surface area contributed by atoms with Gasteiger partial charge in [0, 0.05) is 12.7 Å². The molecule has 3 rings (SSSR count). The smallest absolute Gasteiger partial charge is 0.271 e. The summed E-state index contributed by atoms with van der Waals surface area (Å²) in [5, 5.41) is 17.1. The monoisotopic (exact) mass is 357 g/mol. The Bertz CT molecular complexity index is 866. The van der Waals surface area contributed by atoms with Crippen molar-refractivity contribution < 1.29 is 9.90 Å². The van der Waals surface area contributed by atoms with Crippen LogP contribution in [0.1, 0.15) is 36.1 Å². The molecule has 0 spiro atoms. The summed E-state index contributed by atoms with van der Waals surface area (Å²) in [6.07, 6.45) is 1.11. The molecule has 3 heterocycles. The topological polar surface area (TPSA) is 100 Å². The average molecular weight is 357 g/mol. The predicted molar refractivity (Wildman–Crippen MR) is 97.7 cm³/mol. The molecule has 2 atom stereocenters. The van der Waals surface area contributed by atoms with Crippen LogP contribution in [0.5, 0.6) is 0 Å². The van der Waals surface area contributed by atoms with Crippen LogP contribution in [0.3, 0.4) is 0 Å². The van der Waals surface area contributed by atoms with Gasteiger partial charge in [-0.3, -0.25) is 9.78 Å². The van der Waals surface area contributed by atoms with Crippen molar-refractivity contribution in [3.05, 3.63) is 47.2 Å². The standard InChI is InChI=1S/C17H19N5O2S/c1-10(23)9-19-16(24)14-15-13(6-8-25-15)21-17(22-14)20-11(2)12-5-3-4-7-18-12/h3-8,10-11,23H,9H2,1-2H3,(H,19,24)(H,20,21,22). The molecule has 3 aromatic heterocycles. The summed E-state index contributed by atoms with van der Waals surface area (Å²) in [5.74, 6) is 0.0375. The number of nitrogens with one attached hydrogen (secondary N) is 2. The molecule has 0 radical (unpaired) electrons. The number of carbonyl (C=O) groups excluding carboxylic acids is 1. The highest BCUT2D eigenvalue weighted by molar-refractivity contribution is 7.17. The van der Waals surface area contributed by atoms with Gasteiger partial charge in [0.1, 0.15) is 0 Å². The number of fused-ring (bicyclic) bond motifs is 1. The zero-order valence-electron chi connectivity index (χ0n) is 13.9. The lowest BCUT2D eigenvalue weighted by Crippen LogP contribution is -2.31. The molecule has 1 amide bonds. The van der Waals surface area contributed by atoms with Crippen molar-refractivity contribution in [2.75, 3.05) is 11.9 Å². The molecule has 0 aliphatic heterocycles. The van der Waals surface area contributed by atoms with Gasteiger partial charge in [-0.15, -0.1) is 11.3 Å². The number of nitrogens with zero attached hydrogens (tertiary/aromatic N) is 3. The van der Waals surface area contributed by atoms with Gasteiger partial charge < -0.3 is 15.7 Å². The lowest BCUT2D eigenvalue weighted by Gasteiger charge is -2.14. The van der Waals surface area contributed by atoms with Gasteiger partial charge in [0.15, 0.2) is 5.69 Å². The van der Waals surface area contributed by atoms with E-state index in [4.69, 9.17) is 0 Å². The molecule has 8 heteroatoms. The van der Waals surface area contributed by atoms with Crippen LogP contribution in [0, 0.1) is 0 Å². The SMILES string of the molecule is CC(O)CNC(=O)c1nc(NC(C)c2ccccn2)nc2ccsc12. The Kier molecular flexibility index (Phi) is 5.20. The van der Waals surface area contributed by atoms with Crippen molar-refractivity contribution >= 4 is 33.4 Å². The summed E-state index contributed by atoms with van der Waals surface area (Å²) in [5.41, 5.74) is 1.87. The van der Waals surface area contributed by atoms with Gasteiger partial charge in [-0.05, 0) is 37.4 Å². The summed E-state index contributed by atoms with van der Waals surface area (Å²) < 4.78 is 0.721. The minimum absolute atomic E-state index is 0.106. The minimum Gasteiger partial charge on any atom is -0.392 e. The van der Waals surface area contributed by atoms with Crippen LogP contribution < -0.4 is 10.6 Å². The molecular formula is C17H19N5O2S. The molecule has 0 saturated heterocycles. The van der Waals surface area contributed by atoms with Crippen LogP contribution in [-0.4, -0.2) is 38.6 Å². The second-order valence-corrected chi connectivity index (χ2v) is 6.63. The Balaban J connectivity index is 1.88. The lowest BCUT2D eigenvalue weighted by atomic mass is 10.2. The zero-order valence-corrected chi connectivity index (χ0v) is 14.7. The molecule has 0 bridgehead atoms. The van der Waals surface area contributed by atoms with E-state index in [1.54, 1.807) is 13.1 Å². The minimum atomic E-state index is -0.619. The van der Waals surface area contributed by atoms with E-state index in [1.807, 2.05) is 36.6 Å². The fourth-order valence-electron chi connectivity index (χ4n) is 2.31. The van der Waals surface area contributed by atoms with Crippen LogP contribution >= 0.6 is 11.3 Å². The third-order valence-electron chi connectivity index (χ3n) is 3.55. The summed E-state index contributed by atoms with van der Waals surface area (Å²) >= 11 is 1.41. The third-order valence-corrected chi connectivity index (χ3v) is 4.46. The van der Waals surface area contributed by atoms with Crippen LogP contribution in [0.4, 0.5) is 5.95 Å². The molecule has 0 aliphatic carbocycles. The molecule has 130 valence electrons. The van der Waals surface area contributed by atoms with Gasteiger partial charge in [0.25, 0.3) is 5.91 Å². The van der Waals surface area contributed by atoms with Crippen LogP contribution in [-0.2, 0) is 0 Å². The maximum Gasteiger partial charge on any atom is 0.271 e. The van der Waals surface area contributed by atoms with Crippen molar-refractivity contribution in [1.82, 2.24) is 20.3 Å². The van der Waals surface area contributed by atoms with E-state index >= 15 is 0 Å². The summed E-state index contributed by atoms with van der Waals surface area (Å²) in [6, 6.07) is 7.43. The van der Waals surface area contributed by atoms with Gasteiger partial charge in [-0.2, -0.15) is 0 Å². The highest BCUT2D eigenvalue weighted by atomic mass is 32.1. The Morgan fingerprint density at radius 2 is 2.12 bits per heavy atom. The zero-order chi connectivity index (χ0) is 17.8. The van der Waals surface area contributed by atoms with E-state index in [0.717, 1.165) is 10.4 Å². The molecule has 7 nitrogen and oxygen atoms in total. The molecule has 3 N–H and O–H groups in total. The first-order chi connectivity index (χ1) is 12.0. The van der Waals surface area contributed by atoms with Crippen molar-refractivity contribution in [3.63, 3.8) is 0 Å². The largest absolute Gasteiger partial charge is 0.392 e. The average Bonchev–Trinajstić information content (AvgIpc) is 3.08. The molecule has 25 heavy (non-hydrogen) atoms. The van der Waals surface area contributed by atoms with E-state index in [0.29, 0.717) is 17.2 Å². The number of aliphatic hydroxyl groups is 1. The number of rotatable bonds is 6. The normalized spacial score (nSPS) is 13.4. The molecule has 0 aromatic carbocycles. The maximum absolute atomic E-state index is 12.4. The van der Waals surface area contributed by atoms with Crippen molar-refractivity contribution in [1.29, 1.82) is 0 Å². The molecule has 0 saturated carbocycles. The number of anilines is 1. The van der Waals surface area contributed by atoms with Gasteiger partial charge in [-0.25, -0.2) is 9.97 Å². The van der Waals surface area contributed by atoms with Crippen molar-refractivity contribution in [2.45, 2.75) is 26.0 Å². The number of thiophene rings is 1. The van der Waals surface area contributed by atoms with Gasteiger partial charge in [0.05, 0.1) is 28.1 Å². The first-order valence-electron chi connectivity index (χ1n) is 7.93. The molecule has 3 aromatic rings. The van der Waals surface area contributed by atoms with Crippen LogP contribution in [0.25, 0.3) is 10.2 Å². The highest BCUT2D eigenvalue weighted by Crippen LogP contribution is 2.25. The van der Waals surface area contributed by atoms with Crippen LogP contribution in [0.2, 0.25) is 0 Å². The van der Waals surface area contributed by atoms with E-state index < -0.39 is 6.10 Å². The number of hydrogen-bond donors (Lipinski definition) is 3. The number of aliphatic hydroxyl groups excluding tert-OH is 1. The number of aromatic nitrogens is 3. The predicted octanol–water partition coefficient (Wildman–Crippen LogP) is 2.37. The van der Waals surface area contributed by atoms with Gasteiger partial charge >= 0.3 is 0 Å². The number of pyridine rings is 1. The summed E-state index contributed by atoms with van der Waals surface area (Å²) in [7, 11) is 0. The van der Waals surface area contributed by atoms with Crippen molar-refractivity contribution in [3.8, 4) is 0 Å². The van der Waals surface area contributed by atoms with E-state index in [-0.39, 0.29) is 18.5 Å². The Morgan fingerprint density at radius 1 is 1.28 bits per heavy atom. The number of amides is 1. The fourth-order valence-corrected chi connectivity index (χ4v) is 3.12. The van der Waals surface area contributed by atoms with Crippen molar-refractivity contribution in [2.24, 2.45) is 0 Å². The fraction of sp³-hybridized carbons (Fsp3) is 0.294. The summed E-state index contributed by atoms with van der Waals surface area (Å²) in [6.45, 7) is 3.74. The lowest BCUT2D eigenvalue weighted by molar-refractivity contribution is 0.0921. The third kappa shape index (κ3) is 4.09. The number of hydrogen-bond acceptors (Lipinski definition) is 7. The first kappa shape index (κ1) is 17.2. The quantitative estimate of drug-likeness (QED) is 0.626. The molecular weight excluding hydrogens is 338 g/mol. The van der Waals surface area contributed by atoms with E-state index in [2.05, 4.69) is 25.6 Å².